The van der Waals surface area contributed by atoms with Gasteiger partial charge in [-0.2, -0.15) is 0 Å². The lowest BCUT2D eigenvalue weighted by Gasteiger charge is -2.30. The predicted molar refractivity (Wildman–Crippen MR) is 115 cm³/mol. The first-order chi connectivity index (χ1) is 14.6. The van der Waals surface area contributed by atoms with E-state index in [1.807, 2.05) is 18.5 Å². The topological polar surface area (TPSA) is 97.8 Å². The van der Waals surface area contributed by atoms with Crippen molar-refractivity contribution in [3.05, 3.63) is 46.3 Å². The molecule has 8 nitrogen and oxygen atoms in total. The van der Waals surface area contributed by atoms with Crippen LogP contribution in [0.1, 0.15) is 24.0 Å². The van der Waals surface area contributed by atoms with Gasteiger partial charge in [0.2, 0.25) is 0 Å². The van der Waals surface area contributed by atoms with E-state index in [0.29, 0.717) is 18.8 Å². The second kappa shape index (κ2) is 7.37. The summed E-state index contributed by atoms with van der Waals surface area (Å²) in [4.78, 5) is 27.8. The number of fused-ring (bicyclic) bond motifs is 2. The number of imidazole rings is 1. The maximum atomic E-state index is 12.7. The maximum absolute atomic E-state index is 12.7. The molecule has 0 aliphatic carbocycles. The van der Waals surface area contributed by atoms with Gasteiger partial charge in [0.1, 0.15) is 11.8 Å². The average molecular weight is 407 g/mol. The third-order valence-corrected chi connectivity index (χ3v) is 6.14. The molecule has 0 aromatic carbocycles. The summed E-state index contributed by atoms with van der Waals surface area (Å²) in [6.07, 6.45) is 7.34. The highest BCUT2D eigenvalue weighted by atomic mass is 16.5. The lowest BCUT2D eigenvalue weighted by molar-refractivity contribution is -0.0965. The van der Waals surface area contributed by atoms with Crippen LogP contribution in [0.25, 0.3) is 33.3 Å². The number of H-pyrrole nitrogens is 2. The molecule has 2 atom stereocenters. The molecule has 0 unspecified atom stereocenters. The fraction of sp³-hybridized carbons (Fsp3) is 0.409. The number of hydrogen-bond donors (Lipinski definition) is 2. The van der Waals surface area contributed by atoms with Gasteiger partial charge in [-0.25, -0.2) is 14.8 Å². The molecule has 2 N–H and O–H groups in total. The van der Waals surface area contributed by atoms with Crippen LogP contribution in [0.2, 0.25) is 0 Å². The minimum atomic E-state index is -0.189. The highest BCUT2D eigenvalue weighted by molar-refractivity contribution is 5.90. The van der Waals surface area contributed by atoms with Crippen LogP contribution < -0.4 is 5.69 Å². The van der Waals surface area contributed by atoms with E-state index in [0.717, 1.165) is 51.6 Å². The third-order valence-electron chi connectivity index (χ3n) is 6.14. The van der Waals surface area contributed by atoms with Crippen LogP contribution in [0, 0.1) is 13.8 Å². The molecule has 1 fully saturated rings. The molecule has 4 aromatic heterocycles. The quantitative estimate of drug-likeness (QED) is 0.542. The Bertz CT molecular complexity index is 1290. The van der Waals surface area contributed by atoms with Crippen LogP contribution in [-0.4, -0.2) is 50.4 Å². The van der Waals surface area contributed by atoms with Crippen molar-refractivity contribution in [1.29, 1.82) is 0 Å². The normalized spacial score (nSPS) is 19.7. The molecule has 30 heavy (non-hydrogen) atoms. The molecule has 1 aliphatic rings. The van der Waals surface area contributed by atoms with Crippen LogP contribution in [0.5, 0.6) is 0 Å². The highest BCUT2D eigenvalue weighted by Crippen LogP contribution is 2.30. The molecule has 8 heteroatoms. The summed E-state index contributed by atoms with van der Waals surface area (Å²) in [6, 6.07) is 2.00. The third kappa shape index (κ3) is 3.03. The molecule has 1 aliphatic heterocycles. The van der Waals surface area contributed by atoms with E-state index in [4.69, 9.17) is 9.47 Å². The highest BCUT2D eigenvalue weighted by Gasteiger charge is 2.27. The molecule has 0 spiro atoms. The van der Waals surface area contributed by atoms with Gasteiger partial charge in [0.15, 0.2) is 5.65 Å². The first-order valence-corrected chi connectivity index (χ1v) is 10.2. The number of nitrogens with zero attached hydrogens (tertiary/aromatic N) is 3. The van der Waals surface area contributed by atoms with Gasteiger partial charge < -0.3 is 14.5 Å². The predicted octanol–water partition coefficient (Wildman–Crippen LogP) is 3.08. The van der Waals surface area contributed by atoms with Gasteiger partial charge in [0.05, 0.1) is 18.2 Å². The van der Waals surface area contributed by atoms with Crippen LogP contribution in [-0.2, 0) is 16.0 Å². The van der Waals surface area contributed by atoms with E-state index in [1.165, 1.54) is 0 Å². The zero-order valence-corrected chi connectivity index (χ0v) is 17.4. The summed E-state index contributed by atoms with van der Waals surface area (Å²) >= 11 is 0. The SMILES string of the molecule is CO[C@H]1CCCO[C@H]1Cn1c(=O)[nH]c2ncc(-c3cnc4[nH]cc(C)c4c3C)cc21. The number of pyridine rings is 2. The molecular formula is C22H25N5O3. The summed E-state index contributed by atoms with van der Waals surface area (Å²) < 4.78 is 13.2. The minimum Gasteiger partial charge on any atom is -0.379 e. The monoisotopic (exact) mass is 407 g/mol. The Balaban J connectivity index is 1.59. The Morgan fingerprint density at radius 3 is 2.93 bits per heavy atom. The standard InChI is InChI=1S/C22H25N5O3/c1-12-8-23-21-19(12)13(2)15(10-25-21)14-7-16-20(24-9-14)26-22(28)27(16)11-18-17(29-3)5-4-6-30-18/h7-10,17-18H,4-6,11H2,1-3H3,(H,23,25)(H,24,26,28)/t17-,18-/m0/s1. The van der Waals surface area contributed by atoms with E-state index in [-0.39, 0.29) is 17.9 Å². The number of nitrogens with one attached hydrogen (secondary N) is 2. The number of aromatic amines is 2. The van der Waals surface area contributed by atoms with Gasteiger partial charge in [0.25, 0.3) is 0 Å². The first-order valence-electron chi connectivity index (χ1n) is 10.2. The van der Waals surface area contributed by atoms with Crippen molar-refractivity contribution in [3.8, 4) is 11.1 Å². The molecular weight excluding hydrogens is 382 g/mol. The van der Waals surface area contributed by atoms with E-state index >= 15 is 0 Å². The van der Waals surface area contributed by atoms with Crippen LogP contribution in [0.15, 0.2) is 29.5 Å². The second-order valence-corrected chi connectivity index (χ2v) is 7.95. The molecule has 156 valence electrons. The number of hydrogen-bond acceptors (Lipinski definition) is 5. The number of aromatic nitrogens is 5. The van der Waals surface area contributed by atoms with Crippen molar-refractivity contribution in [3.63, 3.8) is 0 Å². The zero-order chi connectivity index (χ0) is 20.8. The first kappa shape index (κ1) is 19.0. The average Bonchev–Trinajstić information content (AvgIpc) is 3.28. The summed E-state index contributed by atoms with van der Waals surface area (Å²) in [5.41, 5.74) is 6.24. The van der Waals surface area contributed by atoms with Crippen molar-refractivity contribution in [2.45, 2.75) is 45.4 Å². The minimum absolute atomic E-state index is 0.0165. The second-order valence-electron chi connectivity index (χ2n) is 7.95. The summed E-state index contributed by atoms with van der Waals surface area (Å²) in [5, 5.41) is 1.12. The molecule has 4 aromatic rings. The summed E-state index contributed by atoms with van der Waals surface area (Å²) in [7, 11) is 1.69. The van der Waals surface area contributed by atoms with Crippen LogP contribution in [0.3, 0.4) is 0 Å². The summed E-state index contributed by atoms with van der Waals surface area (Å²) in [6.45, 7) is 5.27. The van der Waals surface area contributed by atoms with E-state index in [2.05, 4.69) is 33.8 Å². The lowest BCUT2D eigenvalue weighted by Crippen LogP contribution is -2.40. The van der Waals surface area contributed by atoms with Gasteiger partial charge in [-0.1, -0.05) is 0 Å². The molecule has 0 amide bonds. The van der Waals surface area contributed by atoms with Gasteiger partial charge in [0, 0.05) is 48.8 Å². The van der Waals surface area contributed by atoms with Gasteiger partial charge in [-0.05, 0) is 43.9 Å². The molecule has 0 bridgehead atoms. The maximum Gasteiger partial charge on any atom is 0.327 e. The van der Waals surface area contributed by atoms with Gasteiger partial charge >= 0.3 is 5.69 Å². The number of aryl methyl sites for hydroxylation is 2. The molecule has 5 rings (SSSR count). The lowest BCUT2D eigenvalue weighted by atomic mass is 10.0. The van der Waals surface area contributed by atoms with E-state index < -0.39 is 0 Å². The van der Waals surface area contributed by atoms with E-state index in [9.17, 15) is 4.79 Å². The molecule has 0 saturated carbocycles. The molecule has 1 saturated heterocycles. The van der Waals surface area contributed by atoms with Crippen LogP contribution in [0.4, 0.5) is 0 Å². The van der Waals surface area contributed by atoms with Crippen LogP contribution >= 0.6 is 0 Å². The Hall–Kier alpha value is -2.97. The van der Waals surface area contributed by atoms with Crippen molar-refractivity contribution >= 4 is 22.2 Å². The number of ether oxygens (including phenoxy) is 2. The van der Waals surface area contributed by atoms with Gasteiger partial charge in [-0.3, -0.25) is 9.55 Å². The van der Waals surface area contributed by atoms with Crippen molar-refractivity contribution in [1.82, 2.24) is 24.5 Å². The van der Waals surface area contributed by atoms with E-state index in [1.54, 1.807) is 17.9 Å². The Kier molecular flexibility index (Phi) is 4.67. The largest absolute Gasteiger partial charge is 0.379 e. The Morgan fingerprint density at radius 1 is 1.27 bits per heavy atom. The molecule has 0 radical (unpaired) electrons. The summed E-state index contributed by atoms with van der Waals surface area (Å²) in [5.74, 6) is 0. The Morgan fingerprint density at radius 2 is 2.10 bits per heavy atom. The fourth-order valence-corrected chi connectivity index (χ4v) is 4.53. The smallest absolute Gasteiger partial charge is 0.327 e. The van der Waals surface area contributed by atoms with Crippen molar-refractivity contribution in [2.24, 2.45) is 0 Å². The fourth-order valence-electron chi connectivity index (χ4n) is 4.53. The van der Waals surface area contributed by atoms with Crippen molar-refractivity contribution < 1.29 is 9.47 Å². The zero-order valence-electron chi connectivity index (χ0n) is 17.4. The Labute approximate surface area is 173 Å². The molecule has 5 heterocycles. The number of rotatable bonds is 4. The van der Waals surface area contributed by atoms with Crippen molar-refractivity contribution in [2.75, 3.05) is 13.7 Å². The van der Waals surface area contributed by atoms with Gasteiger partial charge in [-0.15, -0.1) is 0 Å². The number of methoxy groups -OCH3 is 1.